The van der Waals surface area contributed by atoms with E-state index in [2.05, 4.69) is 10.6 Å². The predicted octanol–water partition coefficient (Wildman–Crippen LogP) is 2.01. The van der Waals surface area contributed by atoms with E-state index in [0.29, 0.717) is 5.41 Å². The lowest BCUT2D eigenvalue weighted by Gasteiger charge is -2.23. The van der Waals surface area contributed by atoms with Crippen LogP contribution in [0.2, 0.25) is 0 Å². The topological polar surface area (TPSA) is 41.1 Å². The summed E-state index contributed by atoms with van der Waals surface area (Å²) in [4.78, 5) is 12.1. The molecule has 2 aliphatic rings. The average molecular weight is 230 g/mol. The third-order valence-corrected chi connectivity index (χ3v) is 4.15. The lowest BCUT2D eigenvalue weighted by atomic mass is 9.92. The number of carbonyl (C=O) groups is 1. The first-order chi connectivity index (χ1) is 8.30. The zero-order chi connectivity index (χ0) is 11.7. The third kappa shape index (κ3) is 2.07. The third-order valence-electron chi connectivity index (χ3n) is 4.15. The van der Waals surface area contributed by atoms with Crippen molar-refractivity contribution in [2.45, 2.75) is 19.3 Å². The van der Waals surface area contributed by atoms with Gasteiger partial charge >= 0.3 is 0 Å². The molecule has 1 aliphatic heterocycles. The smallest absolute Gasteiger partial charge is 0.228 e. The van der Waals surface area contributed by atoms with Gasteiger partial charge in [-0.25, -0.2) is 0 Å². The summed E-state index contributed by atoms with van der Waals surface area (Å²) in [5, 5.41) is 6.37. The summed E-state index contributed by atoms with van der Waals surface area (Å²) in [6.07, 6.45) is 3.38. The Kier molecular flexibility index (Phi) is 2.63. The largest absolute Gasteiger partial charge is 0.326 e. The number of carbonyl (C=O) groups excluding carboxylic acids is 1. The van der Waals surface area contributed by atoms with Crippen LogP contribution in [0.4, 0.5) is 5.69 Å². The van der Waals surface area contributed by atoms with Gasteiger partial charge in [-0.2, -0.15) is 0 Å². The van der Waals surface area contributed by atoms with Gasteiger partial charge in [-0.3, -0.25) is 4.79 Å². The molecule has 0 bridgehead atoms. The van der Waals surface area contributed by atoms with Crippen molar-refractivity contribution in [1.29, 1.82) is 0 Å². The van der Waals surface area contributed by atoms with Gasteiger partial charge in [0.25, 0.3) is 0 Å². The summed E-state index contributed by atoms with van der Waals surface area (Å²) in [7, 11) is 0. The van der Waals surface area contributed by atoms with Gasteiger partial charge in [-0.15, -0.1) is 0 Å². The molecule has 2 fully saturated rings. The highest BCUT2D eigenvalue weighted by Gasteiger charge is 2.57. The number of rotatable bonds is 2. The zero-order valence-electron chi connectivity index (χ0n) is 9.91. The molecule has 1 saturated carbocycles. The van der Waals surface area contributed by atoms with Crippen molar-refractivity contribution in [3.05, 3.63) is 30.3 Å². The number of anilines is 1. The van der Waals surface area contributed by atoms with Crippen LogP contribution in [0.3, 0.4) is 0 Å². The van der Waals surface area contributed by atoms with Crippen molar-refractivity contribution in [3.63, 3.8) is 0 Å². The molecule has 1 aliphatic carbocycles. The van der Waals surface area contributed by atoms with Crippen LogP contribution in [0, 0.1) is 11.3 Å². The molecule has 3 heteroatoms. The van der Waals surface area contributed by atoms with Crippen LogP contribution >= 0.6 is 0 Å². The van der Waals surface area contributed by atoms with Gasteiger partial charge in [0.15, 0.2) is 0 Å². The molecule has 1 aromatic rings. The predicted molar refractivity (Wildman–Crippen MR) is 67.7 cm³/mol. The van der Waals surface area contributed by atoms with Gasteiger partial charge in [0.1, 0.15) is 0 Å². The van der Waals surface area contributed by atoms with E-state index in [0.717, 1.165) is 38.0 Å². The second kappa shape index (κ2) is 4.15. The minimum Gasteiger partial charge on any atom is -0.326 e. The van der Waals surface area contributed by atoms with Crippen LogP contribution < -0.4 is 10.6 Å². The molecule has 1 amide bonds. The molecular weight excluding hydrogens is 212 g/mol. The minimum absolute atomic E-state index is 0.207. The minimum atomic E-state index is 0.207. The van der Waals surface area contributed by atoms with Crippen LogP contribution in [0.5, 0.6) is 0 Å². The van der Waals surface area contributed by atoms with E-state index in [1.54, 1.807) is 0 Å². The van der Waals surface area contributed by atoms with E-state index in [4.69, 9.17) is 0 Å². The van der Waals surface area contributed by atoms with Gasteiger partial charge in [0, 0.05) is 11.6 Å². The molecule has 1 aromatic carbocycles. The van der Waals surface area contributed by atoms with Gasteiger partial charge in [-0.05, 0) is 49.9 Å². The molecule has 1 heterocycles. The second-order valence-corrected chi connectivity index (χ2v) is 5.22. The van der Waals surface area contributed by atoms with E-state index in [9.17, 15) is 4.79 Å². The molecule has 1 spiro atoms. The Morgan fingerprint density at radius 2 is 1.94 bits per heavy atom. The second-order valence-electron chi connectivity index (χ2n) is 5.22. The Balaban J connectivity index is 1.61. The molecule has 2 N–H and O–H groups in total. The Morgan fingerprint density at radius 3 is 2.65 bits per heavy atom. The maximum absolute atomic E-state index is 12.1. The molecule has 3 rings (SSSR count). The van der Waals surface area contributed by atoms with E-state index >= 15 is 0 Å². The Labute approximate surface area is 102 Å². The number of piperidine rings is 1. The summed E-state index contributed by atoms with van der Waals surface area (Å²) >= 11 is 0. The normalized spacial score (nSPS) is 25.5. The average Bonchev–Trinajstić information content (AvgIpc) is 3.05. The van der Waals surface area contributed by atoms with Crippen LogP contribution in [0.15, 0.2) is 30.3 Å². The molecule has 0 aromatic heterocycles. The van der Waals surface area contributed by atoms with Gasteiger partial charge in [-0.1, -0.05) is 18.2 Å². The van der Waals surface area contributed by atoms with E-state index in [-0.39, 0.29) is 11.8 Å². The molecule has 0 radical (unpaired) electrons. The number of amides is 1. The Hall–Kier alpha value is -1.35. The molecular formula is C14H18N2O. The number of benzene rings is 1. The Morgan fingerprint density at radius 1 is 1.24 bits per heavy atom. The van der Waals surface area contributed by atoms with Gasteiger partial charge in [0.2, 0.25) is 5.91 Å². The Bertz CT molecular complexity index is 409. The summed E-state index contributed by atoms with van der Waals surface area (Å²) in [5.41, 5.74) is 1.23. The van der Waals surface area contributed by atoms with Crippen molar-refractivity contribution >= 4 is 11.6 Å². The van der Waals surface area contributed by atoms with Crippen molar-refractivity contribution < 1.29 is 4.79 Å². The van der Waals surface area contributed by atoms with E-state index < -0.39 is 0 Å². The van der Waals surface area contributed by atoms with Crippen LogP contribution in [-0.2, 0) is 4.79 Å². The first-order valence-corrected chi connectivity index (χ1v) is 6.37. The summed E-state index contributed by atoms with van der Waals surface area (Å²) in [5.74, 6) is 0.447. The quantitative estimate of drug-likeness (QED) is 0.816. The molecule has 17 heavy (non-hydrogen) atoms. The number of nitrogens with one attached hydrogen (secondary N) is 2. The number of hydrogen-bond donors (Lipinski definition) is 2. The van der Waals surface area contributed by atoms with Crippen LogP contribution in [0.1, 0.15) is 19.3 Å². The zero-order valence-corrected chi connectivity index (χ0v) is 9.91. The summed E-state index contributed by atoms with van der Waals surface area (Å²) in [6.45, 7) is 2.13. The summed E-state index contributed by atoms with van der Waals surface area (Å²) in [6, 6.07) is 9.73. The van der Waals surface area contributed by atoms with E-state index in [1.807, 2.05) is 30.3 Å². The summed E-state index contributed by atoms with van der Waals surface area (Å²) < 4.78 is 0. The first-order valence-electron chi connectivity index (χ1n) is 6.37. The molecule has 90 valence electrons. The van der Waals surface area contributed by atoms with Crippen molar-refractivity contribution in [2.24, 2.45) is 11.3 Å². The highest BCUT2D eigenvalue weighted by molar-refractivity contribution is 5.95. The maximum atomic E-state index is 12.1. The molecule has 1 atom stereocenters. The van der Waals surface area contributed by atoms with Crippen molar-refractivity contribution in [3.8, 4) is 0 Å². The standard InChI is InChI=1S/C14H18N2O/c17-13(16-11-4-2-1-3-5-11)12-10-14(12)6-8-15-9-7-14/h1-5,12,15H,6-10H2,(H,16,17). The van der Waals surface area contributed by atoms with E-state index in [1.165, 1.54) is 0 Å². The number of hydrogen-bond acceptors (Lipinski definition) is 2. The lowest BCUT2D eigenvalue weighted by Crippen LogP contribution is -2.31. The lowest BCUT2D eigenvalue weighted by molar-refractivity contribution is -0.118. The van der Waals surface area contributed by atoms with Crippen molar-refractivity contribution in [2.75, 3.05) is 18.4 Å². The molecule has 3 nitrogen and oxygen atoms in total. The van der Waals surface area contributed by atoms with Crippen LogP contribution in [-0.4, -0.2) is 19.0 Å². The van der Waals surface area contributed by atoms with Crippen LogP contribution in [0.25, 0.3) is 0 Å². The van der Waals surface area contributed by atoms with Crippen molar-refractivity contribution in [1.82, 2.24) is 5.32 Å². The monoisotopic (exact) mass is 230 g/mol. The highest BCUT2D eigenvalue weighted by Crippen LogP contribution is 2.58. The SMILES string of the molecule is O=C(Nc1ccccc1)C1CC12CCNCC2. The molecule has 1 saturated heterocycles. The first kappa shape index (κ1) is 10.8. The molecule has 1 unspecified atom stereocenters. The fraction of sp³-hybridized carbons (Fsp3) is 0.500. The van der Waals surface area contributed by atoms with Gasteiger partial charge in [0.05, 0.1) is 0 Å². The number of para-hydroxylation sites is 1. The highest BCUT2D eigenvalue weighted by atomic mass is 16.2. The van der Waals surface area contributed by atoms with Gasteiger partial charge < -0.3 is 10.6 Å². The fourth-order valence-electron chi connectivity index (χ4n) is 2.95. The fourth-order valence-corrected chi connectivity index (χ4v) is 2.95. The maximum Gasteiger partial charge on any atom is 0.228 e.